The monoisotopic (exact) mass is 446 g/mol. The van der Waals surface area contributed by atoms with E-state index in [4.69, 9.17) is 26.4 Å². The van der Waals surface area contributed by atoms with E-state index in [0.717, 1.165) is 0 Å². The van der Waals surface area contributed by atoms with Crippen LogP contribution in [0, 0.1) is 22.3 Å². The lowest BCUT2D eigenvalue weighted by Crippen LogP contribution is -2.31. The third-order valence-corrected chi connectivity index (χ3v) is 4.73. The van der Waals surface area contributed by atoms with Gasteiger partial charge in [0.25, 0.3) is 0 Å². The quantitative estimate of drug-likeness (QED) is 0.437. The molecule has 0 saturated carbocycles. The number of nitrogens with one attached hydrogen (secondary N) is 1. The largest absolute Gasteiger partial charge is 0.463 e. The number of aromatic nitrogens is 2. The van der Waals surface area contributed by atoms with Crippen LogP contribution in [0.3, 0.4) is 0 Å². The molecule has 0 amide bonds. The van der Waals surface area contributed by atoms with Crippen molar-refractivity contribution in [3.05, 3.63) is 62.5 Å². The molecule has 1 N–H and O–H groups in total. The Morgan fingerprint density at radius 1 is 1.26 bits per heavy atom. The fourth-order valence-corrected chi connectivity index (χ4v) is 3.21. The maximum absolute atomic E-state index is 13.0. The second-order valence-corrected chi connectivity index (χ2v) is 7.19. The maximum atomic E-state index is 13.0. The number of H-pyrrole nitrogens is 1. The average Bonchev–Trinajstić information content (AvgIpc) is 3.08. The van der Waals surface area contributed by atoms with Crippen molar-refractivity contribution >= 4 is 24.2 Å². The topological polar surface area (TPSA) is 99.6 Å². The predicted molar refractivity (Wildman–Crippen MR) is 109 cm³/mol. The van der Waals surface area contributed by atoms with E-state index in [9.17, 15) is 18.8 Å². The molecule has 3 atom stereocenters. The Balaban J connectivity index is 1.88. The van der Waals surface area contributed by atoms with Gasteiger partial charge in [0.1, 0.15) is 35.5 Å². The van der Waals surface area contributed by atoms with Crippen molar-refractivity contribution in [3.63, 3.8) is 0 Å². The molecule has 0 spiro atoms. The minimum Gasteiger partial charge on any atom is -0.463 e. The lowest BCUT2D eigenvalue weighted by molar-refractivity contribution is -0.155. The first-order valence-corrected chi connectivity index (χ1v) is 9.73. The molecule has 2 aromatic rings. The molecule has 1 aliphatic rings. The second kappa shape index (κ2) is 9.68. The van der Waals surface area contributed by atoms with Crippen LogP contribution in [-0.4, -0.2) is 40.3 Å². The van der Waals surface area contributed by atoms with Gasteiger partial charge in [-0.3, -0.25) is 19.1 Å². The highest BCUT2D eigenvalue weighted by Crippen LogP contribution is 2.30. The molecule has 1 aromatic heterocycles. The minimum atomic E-state index is -0.796. The fraction of sp³-hybridized carbons (Fsp3) is 0.333. The lowest BCUT2D eigenvalue weighted by atomic mass is 10.2. The van der Waals surface area contributed by atoms with Gasteiger partial charge in [-0.2, -0.15) is 0 Å². The van der Waals surface area contributed by atoms with Crippen molar-refractivity contribution in [2.75, 3.05) is 6.61 Å². The molecule has 3 rings (SSSR count). The number of rotatable bonds is 4. The zero-order valence-electron chi connectivity index (χ0n) is 16.7. The Morgan fingerprint density at radius 3 is 2.61 bits per heavy atom. The van der Waals surface area contributed by atoms with Crippen LogP contribution in [0.15, 0.2) is 35.3 Å². The van der Waals surface area contributed by atoms with E-state index >= 15 is 0 Å². The van der Waals surface area contributed by atoms with Gasteiger partial charge in [0.05, 0.1) is 5.56 Å². The van der Waals surface area contributed by atoms with Crippen molar-refractivity contribution in [3.8, 4) is 11.8 Å². The Morgan fingerprint density at radius 2 is 1.97 bits per heavy atom. The van der Waals surface area contributed by atoms with Gasteiger partial charge in [0, 0.05) is 32.0 Å². The summed E-state index contributed by atoms with van der Waals surface area (Å²) in [5.41, 5.74) is 0.397. The molecule has 10 heteroatoms. The summed E-state index contributed by atoms with van der Waals surface area (Å²) in [7, 11) is 0. The van der Waals surface area contributed by atoms with E-state index in [1.807, 2.05) is 0 Å². The summed E-state index contributed by atoms with van der Waals surface area (Å²) >= 11 is 5.18. The number of aromatic amines is 1. The normalized spacial score (nSPS) is 19.9. The van der Waals surface area contributed by atoms with Crippen molar-refractivity contribution in [1.82, 2.24) is 9.55 Å². The molecule has 2 heterocycles. The van der Waals surface area contributed by atoms with Gasteiger partial charge in [0.2, 0.25) is 0 Å². The lowest BCUT2D eigenvalue weighted by Gasteiger charge is -2.17. The summed E-state index contributed by atoms with van der Waals surface area (Å²) in [6.07, 6.45) is -0.620. The van der Waals surface area contributed by atoms with E-state index in [1.165, 1.54) is 48.9 Å². The highest BCUT2D eigenvalue weighted by Gasteiger charge is 2.39. The third-order valence-electron chi connectivity index (χ3n) is 4.41. The van der Waals surface area contributed by atoms with E-state index in [1.54, 1.807) is 0 Å². The zero-order valence-corrected chi connectivity index (χ0v) is 17.5. The number of hydrogen-bond donors (Lipinski definition) is 1. The molecule has 1 aromatic carbocycles. The van der Waals surface area contributed by atoms with E-state index in [-0.39, 0.29) is 23.5 Å². The highest BCUT2D eigenvalue weighted by molar-refractivity contribution is 7.71. The van der Waals surface area contributed by atoms with Crippen LogP contribution in [0.4, 0.5) is 4.39 Å². The standard InChI is InChI=1S/C21H19FN2O6S/c1-12(25)28-11-18-17(29-13(2)26)9-19(30-18)24-10-15(20(31)23-21(24)27)6-3-14-4-7-16(22)8-5-14/h4-5,7-8,10,17-19H,9,11H2,1-2H3,(H,23,27,31)/t17-,18+,19+/m0/s1. The molecule has 8 nitrogen and oxygen atoms in total. The van der Waals surface area contributed by atoms with Gasteiger partial charge >= 0.3 is 17.6 Å². The number of carbonyl (C=O) groups is 2. The maximum Gasteiger partial charge on any atom is 0.328 e. The zero-order chi connectivity index (χ0) is 22.5. The SMILES string of the molecule is CC(=O)OC[C@H]1O[C@@H](n2cc(C#Cc3ccc(F)cc3)c(=S)[nH]c2=O)C[C@@H]1OC(C)=O. The molecule has 1 aliphatic heterocycles. The van der Waals surface area contributed by atoms with Gasteiger partial charge in [-0.25, -0.2) is 9.18 Å². The van der Waals surface area contributed by atoms with Gasteiger partial charge in [0.15, 0.2) is 0 Å². The van der Waals surface area contributed by atoms with Crippen LogP contribution in [0.2, 0.25) is 0 Å². The number of benzene rings is 1. The van der Waals surface area contributed by atoms with E-state index < -0.39 is 36.1 Å². The molecule has 162 valence electrons. The van der Waals surface area contributed by atoms with Crippen molar-refractivity contribution in [1.29, 1.82) is 0 Å². The summed E-state index contributed by atoms with van der Waals surface area (Å²) in [5.74, 6) is 4.31. The molecule has 0 radical (unpaired) electrons. The second-order valence-electron chi connectivity index (χ2n) is 6.78. The first-order chi connectivity index (χ1) is 14.7. The number of hydrogen-bond acceptors (Lipinski definition) is 7. The van der Waals surface area contributed by atoms with Crippen LogP contribution in [0.25, 0.3) is 0 Å². The summed E-state index contributed by atoms with van der Waals surface area (Å²) < 4.78 is 30.5. The first kappa shape index (κ1) is 22.4. The smallest absolute Gasteiger partial charge is 0.328 e. The predicted octanol–water partition coefficient (Wildman–Crippen LogP) is 2.23. The van der Waals surface area contributed by atoms with Crippen LogP contribution in [-0.2, 0) is 23.8 Å². The number of esters is 2. The van der Waals surface area contributed by atoms with Gasteiger partial charge in [-0.1, -0.05) is 24.1 Å². The molecule has 1 saturated heterocycles. The average molecular weight is 446 g/mol. The van der Waals surface area contributed by atoms with E-state index in [0.29, 0.717) is 11.1 Å². The number of carbonyl (C=O) groups excluding carboxylic acids is 2. The van der Waals surface area contributed by atoms with Crippen molar-refractivity contribution in [2.24, 2.45) is 0 Å². The fourth-order valence-electron chi connectivity index (χ4n) is 3.02. The Hall–Kier alpha value is -3.29. The Labute approximate surface area is 181 Å². The van der Waals surface area contributed by atoms with Gasteiger partial charge < -0.3 is 14.2 Å². The number of halogens is 1. The molecule has 1 fully saturated rings. The van der Waals surface area contributed by atoms with Gasteiger partial charge in [-0.05, 0) is 24.3 Å². The van der Waals surface area contributed by atoms with E-state index in [2.05, 4.69) is 16.8 Å². The van der Waals surface area contributed by atoms with Crippen molar-refractivity contribution in [2.45, 2.75) is 38.7 Å². The highest BCUT2D eigenvalue weighted by atomic mass is 32.1. The molecule has 0 unspecified atom stereocenters. The molecule has 0 aliphatic carbocycles. The van der Waals surface area contributed by atoms with Gasteiger partial charge in [-0.15, -0.1) is 0 Å². The Kier molecular flexibility index (Phi) is 6.99. The third kappa shape index (κ3) is 5.87. The molecular formula is C21H19FN2O6S. The summed E-state index contributed by atoms with van der Waals surface area (Å²) in [6, 6.07) is 5.62. The van der Waals surface area contributed by atoms with Crippen LogP contribution < -0.4 is 5.69 Å². The summed E-state index contributed by atoms with van der Waals surface area (Å²) in [5, 5.41) is 0. The van der Waals surface area contributed by atoms with Crippen molar-refractivity contribution < 1.29 is 28.2 Å². The van der Waals surface area contributed by atoms with Crippen LogP contribution >= 0.6 is 12.2 Å². The number of nitrogens with zero attached hydrogens (tertiary/aromatic N) is 1. The molecule has 0 bridgehead atoms. The summed E-state index contributed by atoms with van der Waals surface area (Å²) in [4.78, 5) is 37.6. The molecular weight excluding hydrogens is 427 g/mol. The minimum absolute atomic E-state index is 0.126. The van der Waals surface area contributed by atoms with Crippen LogP contribution in [0.1, 0.15) is 37.6 Å². The van der Waals surface area contributed by atoms with Crippen LogP contribution in [0.5, 0.6) is 0 Å². The Bertz CT molecular complexity index is 1160. The first-order valence-electron chi connectivity index (χ1n) is 9.32. The summed E-state index contributed by atoms with van der Waals surface area (Å²) in [6.45, 7) is 2.38. The number of ether oxygens (including phenoxy) is 3. The molecule has 31 heavy (non-hydrogen) atoms.